The van der Waals surface area contributed by atoms with E-state index in [1.807, 2.05) is 51.1 Å². The van der Waals surface area contributed by atoms with Crippen molar-refractivity contribution in [2.45, 2.75) is 34.6 Å². The highest BCUT2D eigenvalue weighted by Gasteiger charge is 2.13. The molecule has 0 atom stereocenters. The van der Waals surface area contributed by atoms with E-state index in [0.717, 1.165) is 33.8 Å². The number of likely N-dealkylation sites (N-methyl/N-ethyl adjacent to an activating group) is 1. The van der Waals surface area contributed by atoms with Crippen LogP contribution in [0.3, 0.4) is 0 Å². The number of hydrogen-bond donors (Lipinski definition) is 1. The molecule has 0 aliphatic heterocycles. The zero-order valence-corrected chi connectivity index (χ0v) is 17.8. The molecule has 0 saturated heterocycles. The van der Waals surface area contributed by atoms with E-state index in [4.69, 9.17) is 22.0 Å². The molecule has 3 nitrogen and oxygen atoms in total. The summed E-state index contributed by atoms with van der Waals surface area (Å²) >= 11 is 6.18. The summed E-state index contributed by atoms with van der Waals surface area (Å²) < 4.78 is 0. The number of aliphatic imine (C=N–C) groups is 1. The van der Waals surface area contributed by atoms with E-state index in [0.29, 0.717) is 17.3 Å². The van der Waals surface area contributed by atoms with Gasteiger partial charge in [-0.3, -0.25) is 4.99 Å². The molecule has 0 fully saturated rings. The monoisotopic (exact) mass is 381 g/mol. The first-order chi connectivity index (χ1) is 12.7. The van der Waals surface area contributed by atoms with Crippen molar-refractivity contribution in [3.8, 4) is 0 Å². The highest BCUT2D eigenvalue weighted by atomic mass is 35.5. The lowest BCUT2D eigenvalue weighted by molar-refractivity contribution is 0.990. The molecule has 0 aliphatic carbocycles. The minimum atomic E-state index is 0.610. The van der Waals surface area contributed by atoms with E-state index < -0.39 is 0 Å². The smallest absolute Gasteiger partial charge is 0.0650 e. The third kappa shape index (κ3) is 5.54. The summed E-state index contributed by atoms with van der Waals surface area (Å²) in [5, 5.41) is 8.74. The summed E-state index contributed by atoms with van der Waals surface area (Å²) in [6.07, 6.45) is 0. The van der Waals surface area contributed by atoms with Gasteiger partial charge in [0.2, 0.25) is 0 Å². The molecule has 0 heterocycles. The van der Waals surface area contributed by atoms with Crippen LogP contribution in [0.4, 0.5) is 11.4 Å². The Hall–Kier alpha value is -2.39. The van der Waals surface area contributed by atoms with E-state index in [-0.39, 0.29) is 0 Å². The molecule has 0 unspecified atom stereocenters. The fourth-order valence-electron chi connectivity index (χ4n) is 3.12. The van der Waals surface area contributed by atoms with Crippen molar-refractivity contribution in [3.63, 3.8) is 0 Å². The lowest BCUT2D eigenvalue weighted by Gasteiger charge is -2.24. The number of rotatable bonds is 6. The zero-order chi connectivity index (χ0) is 20.1. The van der Waals surface area contributed by atoms with Gasteiger partial charge in [0.15, 0.2) is 0 Å². The number of aryl methyl sites for hydroxylation is 1. The first-order valence-corrected chi connectivity index (χ1v) is 9.41. The highest BCUT2D eigenvalue weighted by Crippen LogP contribution is 2.26. The second kappa shape index (κ2) is 9.01. The van der Waals surface area contributed by atoms with Crippen LogP contribution in [0, 0.1) is 12.3 Å². The summed E-state index contributed by atoms with van der Waals surface area (Å²) in [5.74, 6) is 0. The maximum absolute atomic E-state index is 8.04. The van der Waals surface area contributed by atoms with Crippen LogP contribution in [0.2, 0.25) is 5.02 Å². The van der Waals surface area contributed by atoms with Crippen LogP contribution in [0.1, 0.15) is 38.8 Å². The van der Waals surface area contributed by atoms with Gasteiger partial charge in [0.05, 0.1) is 5.69 Å². The minimum Gasteiger partial charge on any atom is -0.370 e. The third-order valence-corrected chi connectivity index (χ3v) is 4.70. The molecule has 0 bridgehead atoms. The molecule has 0 aliphatic rings. The van der Waals surface area contributed by atoms with Gasteiger partial charge >= 0.3 is 0 Å². The Labute approximate surface area is 167 Å². The van der Waals surface area contributed by atoms with Crippen molar-refractivity contribution >= 4 is 34.4 Å². The fourth-order valence-corrected chi connectivity index (χ4v) is 3.41. The van der Waals surface area contributed by atoms with Gasteiger partial charge in [0, 0.05) is 41.3 Å². The maximum atomic E-state index is 8.04. The van der Waals surface area contributed by atoms with Gasteiger partial charge < -0.3 is 10.3 Å². The molecule has 27 heavy (non-hydrogen) atoms. The van der Waals surface area contributed by atoms with Crippen LogP contribution >= 0.6 is 11.6 Å². The molecule has 1 N–H and O–H groups in total. The summed E-state index contributed by atoms with van der Waals surface area (Å²) in [6, 6.07) is 14.1. The molecule has 4 heteroatoms. The first kappa shape index (κ1) is 20.9. The molecule has 142 valence electrons. The average molecular weight is 382 g/mol. The largest absolute Gasteiger partial charge is 0.370 e. The topological polar surface area (TPSA) is 39.5 Å². The molecule has 2 aromatic rings. The van der Waals surface area contributed by atoms with Gasteiger partial charge in [0.1, 0.15) is 0 Å². The Morgan fingerprint density at radius 1 is 1.07 bits per heavy atom. The first-order valence-electron chi connectivity index (χ1n) is 9.04. The molecule has 0 aromatic heterocycles. The second-order valence-corrected chi connectivity index (χ2v) is 7.60. The number of halogens is 1. The van der Waals surface area contributed by atoms with Crippen LogP contribution in [-0.2, 0) is 0 Å². The number of benzene rings is 2. The molecule has 0 amide bonds. The predicted molar refractivity (Wildman–Crippen MR) is 120 cm³/mol. The van der Waals surface area contributed by atoms with Crippen LogP contribution < -0.4 is 4.90 Å². The standard InChI is InChI=1S/C23H28ClN3/c1-15(2)22(17(4)25)14-27(6)23-10-8-7-9-21(23)18(5)26-20-12-16(3)11-19(24)13-20/h7-13,25H,14H2,1-6H3. The van der Waals surface area contributed by atoms with Crippen molar-refractivity contribution in [1.29, 1.82) is 5.41 Å². The summed E-state index contributed by atoms with van der Waals surface area (Å²) in [6.45, 7) is 10.7. The van der Waals surface area contributed by atoms with E-state index in [1.165, 1.54) is 5.57 Å². The average Bonchev–Trinajstić information content (AvgIpc) is 2.57. The van der Waals surface area contributed by atoms with Crippen molar-refractivity contribution < 1.29 is 0 Å². The Morgan fingerprint density at radius 2 is 1.74 bits per heavy atom. The SMILES string of the molecule is CC(=N)C(CN(C)c1ccccc1C(C)=Nc1cc(C)cc(Cl)c1)=C(C)C. The van der Waals surface area contributed by atoms with Gasteiger partial charge in [-0.25, -0.2) is 0 Å². The molecular formula is C23H28ClN3. The number of nitrogens with zero attached hydrogens (tertiary/aromatic N) is 2. The molecule has 2 rings (SSSR count). The Bertz CT molecular complexity index is 885. The maximum Gasteiger partial charge on any atom is 0.0650 e. The summed E-state index contributed by atoms with van der Waals surface area (Å²) in [4.78, 5) is 6.97. The van der Waals surface area contributed by atoms with E-state index in [9.17, 15) is 0 Å². The number of anilines is 1. The summed E-state index contributed by atoms with van der Waals surface area (Å²) in [7, 11) is 2.06. The molecular weight excluding hydrogens is 354 g/mol. The van der Waals surface area contributed by atoms with E-state index >= 15 is 0 Å². The lowest BCUT2D eigenvalue weighted by Crippen LogP contribution is -2.25. The molecule has 2 aromatic carbocycles. The van der Waals surface area contributed by atoms with Crippen molar-refractivity contribution in [2.75, 3.05) is 18.5 Å². The Morgan fingerprint density at radius 3 is 2.33 bits per heavy atom. The van der Waals surface area contributed by atoms with Gasteiger partial charge in [-0.05, 0) is 70.0 Å². The number of allylic oxidation sites excluding steroid dienone is 1. The van der Waals surface area contributed by atoms with Gasteiger partial charge in [0.25, 0.3) is 0 Å². The molecule has 0 radical (unpaired) electrons. The van der Waals surface area contributed by atoms with Crippen LogP contribution in [0.5, 0.6) is 0 Å². The van der Waals surface area contributed by atoms with Crippen molar-refractivity contribution in [2.24, 2.45) is 4.99 Å². The van der Waals surface area contributed by atoms with Crippen molar-refractivity contribution in [1.82, 2.24) is 0 Å². The quantitative estimate of drug-likeness (QED) is 0.562. The number of hydrogen-bond acceptors (Lipinski definition) is 3. The van der Waals surface area contributed by atoms with Crippen LogP contribution in [0.25, 0.3) is 0 Å². The molecule has 0 spiro atoms. The van der Waals surface area contributed by atoms with E-state index in [1.54, 1.807) is 0 Å². The minimum absolute atomic E-state index is 0.610. The number of para-hydroxylation sites is 1. The van der Waals surface area contributed by atoms with Gasteiger partial charge in [-0.1, -0.05) is 35.4 Å². The normalized spacial score (nSPS) is 11.3. The van der Waals surface area contributed by atoms with E-state index in [2.05, 4.69) is 37.9 Å². The zero-order valence-electron chi connectivity index (χ0n) is 17.0. The molecule has 0 saturated carbocycles. The lowest BCUT2D eigenvalue weighted by atomic mass is 10.0. The fraction of sp³-hybridized carbons (Fsp3) is 0.304. The van der Waals surface area contributed by atoms with Crippen molar-refractivity contribution in [3.05, 3.63) is 69.8 Å². The Kier molecular flexibility index (Phi) is 6.98. The second-order valence-electron chi connectivity index (χ2n) is 7.16. The van der Waals surface area contributed by atoms with Gasteiger partial charge in [-0.15, -0.1) is 0 Å². The predicted octanol–water partition coefficient (Wildman–Crippen LogP) is 6.60. The third-order valence-electron chi connectivity index (χ3n) is 4.48. The van der Waals surface area contributed by atoms with Crippen LogP contribution in [0.15, 0.2) is 58.6 Å². The summed E-state index contributed by atoms with van der Waals surface area (Å²) in [5.41, 5.74) is 7.90. The highest BCUT2D eigenvalue weighted by molar-refractivity contribution is 6.30. The van der Waals surface area contributed by atoms with Crippen LogP contribution in [-0.4, -0.2) is 25.0 Å². The van der Waals surface area contributed by atoms with Gasteiger partial charge in [-0.2, -0.15) is 0 Å². The number of nitrogens with one attached hydrogen (secondary N) is 1. The Balaban J connectivity index is 2.41.